The minimum atomic E-state index is -0.503. The lowest BCUT2D eigenvalue weighted by atomic mass is 9.75. The highest BCUT2D eigenvalue weighted by molar-refractivity contribution is 6.00. The van der Waals surface area contributed by atoms with Crippen LogP contribution >= 0.6 is 0 Å². The van der Waals surface area contributed by atoms with Gasteiger partial charge in [-0.25, -0.2) is 4.68 Å². The SMILES string of the molecule is C=CCCc1nn(-c2ccc(C(=O)N(C)Cc3ccccc3)cc2[N+](=O)[O-])c2c1C(=O)CC(C)(C)C2. The van der Waals surface area contributed by atoms with Crippen molar-refractivity contribution in [2.24, 2.45) is 5.41 Å². The highest BCUT2D eigenvalue weighted by atomic mass is 16.6. The summed E-state index contributed by atoms with van der Waals surface area (Å²) < 4.78 is 1.53. The van der Waals surface area contributed by atoms with Crippen molar-refractivity contribution in [2.75, 3.05) is 7.05 Å². The summed E-state index contributed by atoms with van der Waals surface area (Å²) in [5, 5.41) is 16.8. The molecular weight excluding hydrogens is 456 g/mol. The molecule has 0 saturated carbocycles. The average molecular weight is 487 g/mol. The topological polar surface area (TPSA) is 98.3 Å². The number of Topliss-reactive ketones (excluding diaryl/α,β-unsaturated/α-hetero) is 1. The predicted octanol–water partition coefficient (Wildman–Crippen LogP) is 5.33. The third-order valence-electron chi connectivity index (χ3n) is 6.46. The Morgan fingerprint density at radius 1 is 1.22 bits per heavy atom. The van der Waals surface area contributed by atoms with Gasteiger partial charge in [0.2, 0.25) is 0 Å². The summed E-state index contributed by atoms with van der Waals surface area (Å²) in [6.45, 7) is 8.15. The van der Waals surface area contributed by atoms with Crippen LogP contribution in [0.5, 0.6) is 0 Å². The van der Waals surface area contributed by atoms with Gasteiger partial charge in [-0.05, 0) is 42.4 Å². The average Bonchev–Trinajstić information content (AvgIpc) is 3.19. The molecule has 1 aliphatic carbocycles. The standard InChI is InChI=1S/C28H30N4O4/c1-5-6-12-21-26-24(16-28(2,3)17-25(26)33)31(29-21)22-14-13-20(15-23(22)32(35)36)27(34)30(4)18-19-10-8-7-9-11-19/h5,7-11,13-15H,1,6,12,16-18H2,2-4H3. The van der Waals surface area contributed by atoms with Crippen LogP contribution in [0.3, 0.4) is 0 Å². The number of hydrogen-bond acceptors (Lipinski definition) is 5. The molecule has 8 nitrogen and oxygen atoms in total. The lowest BCUT2D eigenvalue weighted by Crippen LogP contribution is -2.28. The Hall–Kier alpha value is -4.07. The van der Waals surface area contributed by atoms with Crippen molar-refractivity contribution in [3.63, 3.8) is 0 Å². The van der Waals surface area contributed by atoms with Gasteiger partial charge in [-0.15, -0.1) is 6.58 Å². The smallest absolute Gasteiger partial charge is 0.295 e. The number of aromatic nitrogens is 2. The Balaban J connectivity index is 1.76. The van der Waals surface area contributed by atoms with Crippen LogP contribution in [0.25, 0.3) is 5.69 Å². The largest absolute Gasteiger partial charge is 0.337 e. The first-order valence-corrected chi connectivity index (χ1v) is 11.9. The van der Waals surface area contributed by atoms with Crippen molar-refractivity contribution in [3.05, 3.63) is 99.4 Å². The van der Waals surface area contributed by atoms with Gasteiger partial charge in [0.1, 0.15) is 5.69 Å². The van der Waals surface area contributed by atoms with E-state index in [1.54, 1.807) is 25.3 Å². The van der Waals surface area contributed by atoms with Crippen LogP contribution < -0.4 is 0 Å². The molecule has 1 aromatic heterocycles. The number of rotatable bonds is 8. The fourth-order valence-corrected chi connectivity index (χ4v) is 4.77. The van der Waals surface area contributed by atoms with Crippen molar-refractivity contribution < 1.29 is 14.5 Å². The second kappa shape index (κ2) is 9.89. The maximum absolute atomic E-state index is 13.1. The van der Waals surface area contributed by atoms with E-state index in [2.05, 4.69) is 11.7 Å². The Bertz CT molecular complexity index is 1340. The van der Waals surface area contributed by atoms with E-state index in [1.165, 1.54) is 15.6 Å². The lowest BCUT2D eigenvalue weighted by Gasteiger charge is -2.29. The number of carbonyl (C=O) groups is 2. The monoisotopic (exact) mass is 486 g/mol. The highest BCUT2D eigenvalue weighted by Gasteiger charge is 2.37. The Labute approximate surface area is 210 Å². The van der Waals surface area contributed by atoms with Gasteiger partial charge in [0.25, 0.3) is 11.6 Å². The summed E-state index contributed by atoms with van der Waals surface area (Å²) in [5.41, 5.74) is 2.77. The molecule has 0 radical (unpaired) electrons. The van der Waals surface area contributed by atoms with Gasteiger partial charge >= 0.3 is 0 Å². The maximum Gasteiger partial charge on any atom is 0.295 e. The fraction of sp³-hybridized carbons (Fsp3) is 0.321. The molecule has 8 heteroatoms. The zero-order valence-corrected chi connectivity index (χ0v) is 20.9. The molecule has 3 aromatic rings. The first-order chi connectivity index (χ1) is 17.1. The van der Waals surface area contributed by atoms with Crippen molar-refractivity contribution in [3.8, 4) is 5.69 Å². The zero-order chi connectivity index (χ0) is 26.0. The van der Waals surface area contributed by atoms with E-state index in [-0.39, 0.29) is 34.0 Å². The molecule has 0 saturated heterocycles. The van der Waals surface area contributed by atoms with Crippen molar-refractivity contribution in [1.29, 1.82) is 0 Å². The molecule has 2 aromatic carbocycles. The molecule has 0 unspecified atom stereocenters. The van der Waals surface area contributed by atoms with Crippen LogP contribution in [0.15, 0.2) is 61.2 Å². The Morgan fingerprint density at radius 3 is 2.61 bits per heavy atom. The highest BCUT2D eigenvalue weighted by Crippen LogP contribution is 2.39. The van der Waals surface area contributed by atoms with Crippen molar-refractivity contribution in [2.45, 2.75) is 46.1 Å². The van der Waals surface area contributed by atoms with Gasteiger partial charge in [0, 0.05) is 31.6 Å². The minimum Gasteiger partial charge on any atom is -0.337 e. The summed E-state index contributed by atoms with van der Waals surface area (Å²) >= 11 is 0. The van der Waals surface area contributed by atoms with Gasteiger partial charge in [0.15, 0.2) is 5.78 Å². The van der Waals surface area contributed by atoms with Crippen molar-refractivity contribution >= 4 is 17.4 Å². The number of nitrogens with zero attached hydrogens (tertiary/aromatic N) is 4. The second-order valence-corrected chi connectivity index (χ2v) is 10.1. The number of aryl methyl sites for hydroxylation is 1. The Kier molecular flexibility index (Phi) is 6.88. The molecule has 0 fully saturated rings. The number of nitro benzene ring substituents is 1. The number of amides is 1. The number of fused-ring (bicyclic) bond motifs is 1. The Morgan fingerprint density at radius 2 is 1.94 bits per heavy atom. The third-order valence-corrected chi connectivity index (χ3v) is 6.46. The number of ketones is 1. The number of allylic oxidation sites excluding steroid dienone is 1. The van der Waals surface area contributed by atoms with E-state index in [4.69, 9.17) is 0 Å². The van der Waals surface area contributed by atoms with Crippen LogP contribution in [0, 0.1) is 15.5 Å². The van der Waals surface area contributed by atoms with Crippen LogP contribution in [-0.4, -0.2) is 38.3 Å². The molecule has 0 spiro atoms. The molecule has 0 atom stereocenters. The third kappa shape index (κ3) is 4.98. The molecular formula is C28H30N4O4. The lowest BCUT2D eigenvalue weighted by molar-refractivity contribution is -0.384. The van der Waals surface area contributed by atoms with Crippen molar-refractivity contribution in [1.82, 2.24) is 14.7 Å². The van der Waals surface area contributed by atoms with E-state index in [1.807, 2.05) is 44.2 Å². The van der Waals surface area contributed by atoms with Gasteiger partial charge < -0.3 is 4.90 Å². The molecule has 0 N–H and O–H groups in total. The van der Waals surface area contributed by atoms with E-state index in [0.29, 0.717) is 49.2 Å². The molecule has 36 heavy (non-hydrogen) atoms. The summed E-state index contributed by atoms with van der Waals surface area (Å²) in [6, 6.07) is 14.0. The van der Waals surface area contributed by atoms with Crippen LogP contribution in [0.4, 0.5) is 5.69 Å². The molecule has 0 bridgehead atoms. The molecule has 1 heterocycles. The second-order valence-electron chi connectivity index (χ2n) is 10.1. The zero-order valence-electron chi connectivity index (χ0n) is 20.9. The number of nitro groups is 1. The molecule has 4 rings (SSSR count). The number of hydrogen-bond donors (Lipinski definition) is 0. The summed E-state index contributed by atoms with van der Waals surface area (Å²) in [5.74, 6) is -0.317. The van der Waals surface area contributed by atoms with E-state index in [0.717, 1.165) is 5.56 Å². The van der Waals surface area contributed by atoms with Crippen LogP contribution in [-0.2, 0) is 19.4 Å². The van der Waals surface area contributed by atoms with Gasteiger partial charge in [-0.3, -0.25) is 19.7 Å². The van der Waals surface area contributed by atoms with Gasteiger partial charge in [-0.1, -0.05) is 50.3 Å². The number of carbonyl (C=O) groups excluding carboxylic acids is 2. The summed E-state index contributed by atoms with van der Waals surface area (Å²) in [6.07, 6.45) is 3.89. The van der Waals surface area contributed by atoms with E-state index in [9.17, 15) is 19.7 Å². The van der Waals surface area contributed by atoms with E-state index < -0.39 is 4.92 Å². The molecule has 0 aliphatic heterocycles. The molecule has 186 valence electrons. The summed E-state index contributed by atoms with van der Waals surface area (Å²) in [7, 11) is 1.67. The maximum atomic E-state index is 13.1. The molecule has 1 aliphatic rings. The van der Waals surface area contributed by atoms with Crippen LogP contribution in [0.1, 0.15) is 64.4 Å². The van der Waals surface area contributed by atoms with Crippen LogP contribution in [0.2, 0.25) is 0 Å². The normalized spacial score (nSPS) is 14.2. The quantitative estimate of drug-likeness (QED) is 0.244. The minimum absolute atomic E-state index is 0.00329. The molecule has 1 amide bonds. The first-order valence-electron chi connectivity index (χ1n) is 11.9. The van der Waals surface area contributed by atoms with E-state index >= 15 is 0 Å². The van der Waals surface area contributed by atoms with Gasteiger partial charge in [-0.2, -0.15) is 5.10 Å². The summed E-state index contributed by atoms with van der Waals surface area (Å²) in [4.78, 5) is 39.3. The predicted molar refractivity (Wildman–Crippen MR) is 137 cm³/mol. The number of benzene rings is 2. The fourth-order valence-electron chi connectivity index (χ4n) is 4.77. The first kappa shape index (κ1) is 25.0. The van der Waals surface area contributed by atoms with Gasteiger partial charge in [0.05, 0.1) is 21.9 Å².